The van der Waals surface area contributed by atoms with Gasteiger partial charge in [0.05, 0.1) is 11.6 Å². The van der Waals surface area contributed by atoms with Crippen molar-refractivity contribution < 1.29 is 14.9 Å². The van der Waals surface area contributed by atoms with Gasteiger partial charge in [-0.05, 0) is 57.4 Å². The summed E-state index contributed by atoms with van der Waals surface area (Å²) in [5.74, 6) is -0.448. The van der Waals surface area contributed by atoms with E-state index < -0.39 is 5.91 Å². The van der Waals surface area contributed by atoms with Crippen molar-refractivity contribution in [2.45, 2.75) is 83.2 Å². The number of nitrogens with two attached hydrogens (primary N) is 2. The highest BCUT2D eigenvalue weighted by Crippen LogP contribution is 2.38. The van der Waals surface area contributed by atoms with Crippen LogP contribution >= 0.6 is 11.3 Å². The van der Waals surface area contributed by atoms with Crippen LogP contribution in [0.2, 0.25) is 0 Å². The smallest absolute Gasteiger partial charge is 0.282 e. The van der Waals surface area contributed by atoms with Gasteiger partial charge in [-0.3, -0.25) is 9.59 Å². The summed E-state index contributed by atoms with van der Waals surface area (Å²) in [4.78, 5) is 25.7. The van der Waals surface area contributed by atoms with Gasteiger partial charge in [0.25, 0.3) is 11.8 Å². The molecular formula is C19H30N3O2S+. The van der Waals surface area contributed by atoms with Crippen molar-refractivity contribution in [3.8, 4) is 0 Å². The summed E-state index contributed by atoms with van der Waals surface area (Å²) >= 11 is 1.53. The molecule has 1 aromatic rings. The van der Waals surface area contributed by atoms with Gasteiger partial charge in [0.15, 0.2) is 6.04 Å². The number of aryl methyl sites for hydroxylation is 1. The number of carbonyl (C=O) groups is 2. The Morgan fingerprint density at radius 1 is 1.12 bits per heavy atom. The first kappa shape index (κ1) is 18.4. The van der Waals surface area contributed by atoms with E-state index in [9.17, 15) is 9.59 Å². The van der Waals surface area contributed by atoms with Crippen LogP contribution in [0.25, 0.3) is 0 Å². The lowest BCUT2D eigenvalue weighted by Crippen LogP contribution is -2.96. The van der Waals surface area contributed by atoms with Crippen molar-refractivity contribution in [3.05, 3.63) is 16.0 Å². The van der Waals surface area contributed by atoms with E-state index in [0.29, 0.717) is 16.6 Å². The van der Waals surface area contributed by atoms with E-state index in [4.69, 9.17) is 5.73 Å². The van der Waals surface area contributed by atoms with Gasteiger partial charge in [-0.1, -0.05) is 19.3 Å². The van der Waals surface area contributed by atoms with E-state index in [0.717, 1.165) is 24.8 Å². The Labute approximate surface area is 153 Å². The zero-order chi connectivity index (χ0) is 17.8. The van der Waals surface area contributed by atoms with Crippen molar-refractivity contribution in [3.63, 3.8) is 0 Å². The van der Waals surface area contributed by atoms with Crippen molar-refractivity contribution in [2.24, 2.45) is 5.73 Å². The summed E-state index contributed by atoms with van der Waals surface area (Å²) < 4.78 is 0. The van der Waals surface area contributed by atoms with Gasteiger partial charge in [0.2, 0.25) is 0 Å². The highest BCUT2D eigenvalue weighted by atomic mass is 32.1. The fourth-order valence-corrected chi connectivity index (χ4v) is 5.45. The topological polar surface area (TPSA) is 88.8 Å². The quantitative estimate of drug-likeness (QED) is 0.749. The largest absolute Gasteiger partial charge is 0.365 e. The number of quaternary nitrogens is 1. The minimum absolute atomic E-state index is 0.0236. The molecule has 0 aromatic carbocycles. The van der Waals surface area contributed by atoms with Gasteiger partial charge in [0.1, 0.15) is 5.00 Å². The molecule has 1 saturated carbocycles. The summed E-state index contributed by atoms with van der Waals surface area (Å²) in [5.41, 5.74) is 7.18. The molecule has 25 heavy (non-hydrogen) atoms. The Bertz CT molecular complexity index is 633. The van der Waals surface area contributed by atoms with Crippen molar-refractivity contribution >= 4 is 28.2 Å². The molecule has 2 aliphatic rings. The number of nitrogens with one attached hydrogen (secondary N) is 1. The second-order valence-electron chi connectivity index (χ2n) is 7.50. The molecule has 0 aliphatic heterocycles. The van der Waals surface area contributed by atoms with Gasteiger partial charge in [-0.25, -0.2) is 0 Å². The average Bonchev–Trinajstić information content (AvgIpc) is 3.09. The molecule has 2 amide bonds. The van der Waals surface area contributed by atoms with Crippen LogP contribution in [0.15, 0.2) is 0 Å². The summed E-state index contributed by atoms with van der Waals surface area (Å²) in [6.45, 7) is 1.96. The van der Waals surface area contributed by atoms with E-state index >= 15 is 0 Å². The number of carbonyl (C=O) groups excluding carboxylic acids is 2. The van der Waals surface area contributed by atoms with Crippen LogP contribution in [0.5, 0.6) is 0 Å². The molecule has 1 fully saturated rings. The van der Waals surface area contributed by atoms with E-state index in [1.165, 1.54) is 61.2 Å². The molecule has 0 bridgehead atoms. The third kappa shape index (κ3) is 4.42. The van der Waals surface area contributed by atoms with Gasteiger partial charge in [-0.2, -0.15) is 0 Å². The Balaban J connectivity index is 1.62. The molecule has 138 valence electrons. The van der Waals surface area contributed by atoms with Gasteiger partial charge in [-0.15, -0.1) is 11.3 Å². The maximum absolute atomic E-state index is 12.7. The molecule has 0 saturated heterocycles. The summed E-state index contributed by atoms with van der Waals surface area (Å²) in [6.07, 6.45) is 11.8. The summed E-state index contributed by atoms with van der Waals surface area (Å²) in [7, 11) is 0. The van der Waals surface area contributed by atoms with Gasteiger partial charge >= 0.3 is 0 Å². The predicted octanol–water partition coefficient (Wildman–Crippen LogP) is 2.34. The zero-order valence-electron chi connectivity index (χ0n) is 15.1. The van der Waals surface area contributed by atoms with Crippen molar-refractivity contribution in [1.29, 1.82) is 0 Å². The van der Waals surface area contributed by atoms with Crippen LogP contribution in [0.1, 0.15) is 79.1 Å². The molecule has 0 radical (unpaired) electrons. The van der Waals surface area contributed by atoms with Crippen LogP contribution in [0, 0.1) is 0 Å². The van der Waals surface area contributed by atoms with Crippen LogP contribution in [0.3, 0.4) is 0 Å². The van der Waals surface area contributed by atoms with Crippen LogP contribution in [-0.2, 0) is 17.6 Å². The van der Waals surface area contributed by atoms with E-state index in [2.05, 4.69) is 10.6 Å². The number of rotatable bonds is 5. The lowest BCUT2D eigenvalue weighted by atomic mass is 9.96. The fourth-order valence-electron chi connectivity index (χ4n) is 4.15. The Morgan fingerprint density at radius 3 is 2.48 bits per heavy atom. The highest BCUT2D eigenvalue weighted by molar-refractivity contribution is 7.17. The molecule has 1 aromatic heterocycles. The van der Waals surface area contributed by atoms with Gasteiger partial charge in [0, 0.05) is 4.88 Å². The highest BCUT2D eigenvalue weighted by Gasteiger charge is 2.28. The number of fused-ring (bicyclic) bond motifs is 1. The minimum atomic E-state index is -0.425. The molecule has 2 aliphatic carbocycles. The van der Waals surface area contributed by atoms with E-state index in [-0.39, 0.29) is 11.9 Å². The minimum Gasteiger partial charge on any atom is -0.365 e. The number of thiophene rings is 1. The van der Waals surface area contributed by atoms with Crippen LogP contribution in [0.4, 0.5) is 5.00 Å². The first-order valence-corrected chi connectivity index (χ1v) is 10.5. The van der Waals surface area contributed by atoms with Crippen LogP contribution in [-0.4, -0.2) is 23.9 Å². The average molecular weight is 365 g/mol. The Hall–Kier alpha value is -1.40. The number of primary amides is 1. The van der Waals surface area contributed by atoms with Crippen LogP contribution < -0.4 is 16.4 Å². The lowest BCUT2D eigenvalue weighted by Gasteiger charge is -2.21. The number of anilines is 1. The molecule has 5 nitrogen and oxygen atoms in total. The lowest BCUT2D eigenvalue weighted by molar-refractivity contribution is -0.707. The monoisotopic (exact) mass is 364 g/mol. The second kappa shape index (κ2) is 8.32. The van der Waals surface area contributed by atoms with Crippen molar-refractivity contribution in [1.82, 2.24) is 0 Å². The number of hydrogen-bond donors (Lipinski definition) is 3. The standard InChI is InChI=1S/C19H29N3O2S/c1-12(21-13-8-5-3-2-4-6-9-13)18(24)22-19-16(17(20)23)14-10-7-11-15(14)25-19/h12-13,21H,2-11H2,1H3,(H2,20,23)(H,22,24)/p+1/t12-/m1/s1. The Morgan fingerprint density at radius 2 is 1.80 bits per heavy atom. The molecule has 1 atom stereocenters. The first-order valence-electron chi connectivity index (χ1n) is 9.66. The molecule has 5 N–H and O–H groups in total. The molecular weight excluding hydrogens is 334 g/mol. The first-order chi connectivity index (χ1) is 12.1. The molecule has 6 heteroatoms. The normalized spacial score (nSPS) is 19.7. The van der Waals surface area contributed by atoms with E-state index in [1.54, 1.807) is 0 Å². The van der Waals surface area contributed by atoms with Crippen molar-refractivity contribution in [2.75, 3.05) is 5.32 Å². The molecule has 3 rings (SSSR count). The molecule has 1 heterocycles. The maximum atomic E-state index is 12.7. The second-order valence-corrected chi connectivity index (χ2v) is 8.61. The fraction of sp³-hybridized carbons (Fsp3) is 0.684. The predicted molar refractivity (Wildman–Crippen MR) is 101 cm³/mol. The SMILES string of the molecule is C[C@@H]([NH2+]C1CCCCCCC1)C(=O)Nc1sc2c(c1C(N)=O)CCC2. The summed E-state index contributed by atoms with van der Waals surface area (Å²) in [5, 5.41) is 5.85. The third-order valence-electron chi connectivity index (χ3n) is 5.53. The third-order valence-corrected chi connectivity index (χ3v) is 6.74. The van der Waals surface area contributed by atoms with E-state index in [1.807, 2.05) is 6.92 Å². The van der Waals surface area contributed by atoms with Gasteiger partial charge < -0.3 is 16.4 Å². The Kier molecular flexibility index (Phi) is 6.12. The zero-order valence-corrected chi connectivity index (χ0v) is 15.9. The molecule has 0 unspecified atom stereocenters. The summed E-state index contributed by atoms with van der Waals surface area (Å²) in [6, 6.07) is 0.382. The maximum Gasteiger partial charge on any atom is 0.282 e. The number of hydrogen-bond acceptors (Lipinski definition) is 3. The molecule has 0 spiro atoms. The number of amides is 2.